The van der Waals surface area contributed by atoms with Crippen LogP contribution in [0.5, 0.6) is 5.75 Å². The Morgan fingerprint density at radius 2 is 1.48 bits per heavy atom. The highest BCUT2D eigenvalue weighted by Gasteiger charge is 2.20. The van der Waals surface area contributed by atoms with E-state index in [1.165, 1.54) is 16.7 Å². The fourth-order valence-corrected chi connectivity index (χ4v) is 3.44. The van der Waals surface area contributed by atoms with Gasteiger partial charge >= 0.3 is 0 Å². The summed E-state index contributed by atoms with van der Waals surface area (Å²) in [6.07, 6.45) is 0.0542. The first kappa shape index (κ1) is 17.8. The average molecular weight is 359 g/mol. The van der Waals surface area contributed by atoms with Crippen molar-refractivity contribution in [1.29, 1.82) is 0 Å². The van der Waals surface area contributed by atoms with Crippen LogP contribution in [0.3, 0.4) is 0 Å². The van der Waals surface area contributed by atoms with Gasteiger partial charge in [-0.05, 0) is 28.8 Å². The second-order valence-corrected chi connectivity index (χ2v) is 6.93. The van der Waals surface area contributed by atoms with Gasteiger partial charge in [-0.25, -0.2) is 0 Å². The summed E-state index contributed by atoms with van der Waals surface area (Å²) in [6, 6.07) is 29.3. The van der Waals surface area contributed by atoms with E-state index in [0.717, 1.165) is 32.0 Å². The predicted octanol–water partition coefficient (Wildman–Crippen LogP) is 4.63. The number of hydrogen-bond donors (Lipinski definition) is 0. The second kappa shape index (κ2) is 8.85. The fraction of sp³-hybridized carbons (Fsp3) is 0.250. The number of ether oxygens (including phenoxy) is 2. The summed E-state index contributed by atoms with van der Waals surface area (Å²) in [5.74, 6) is 0.903. The van der Waals surface area contributed by atoms with Gasteiger partial charge in [0.1, 0.15) is 11.9 Å². The van der Waals surface area contributed by atoms with Gasteiger partial charge in [-0.2, -0.15) is 0 Å². The van der Waals surface area contributed by atoms with E-state index in [0.29, 0.717) is 6.61 Å². The van der Waals surface area contributed by atoms with Crippen molar-refractivity contribution in [3.8, 4) is 16.9 Å². The first-order valence-corrected chi connectivity index (χ1v) is 9.53. The molecule has 0 N–H and O–H groups in total. The van der Waals surface area contributed by atoms with Crippen LogP contribution in [0.2, 0.25) is 0 Å². The normalized spacial score (nSPS) is 18.0. The third-order valence-electron chi connectivity index (χ3n) is 4.83. The molecule has 3 nitrogen and oxygen atoms in total. The number of rotatable bonds is 5. The first-order valence-electron chi connectivity index (χ1n) is 9.53. The molecule has 0 aliphatic carbocycles. The molecule has 3 heteroatoms. The van der Waals surface area contributed by atoms with Gasteiger partial charge in [0.25, 0.3) is 0 Å². The van der Waals surface area contributed by atoms with E-state index in [-0.39, 0.29) is 6.10 Å². The lowest BCUT2D eigenvalue weighted by Crippen LogP contribution is -2.35. The van der Waals surface area contributed by atoms with Crippen molar-refractivity contribution in [1.82, 2.24) is 4.90 Å². The summed E-state index contributed by atoms with van der Waals surface area (Å²) in [6.45, 7) is 4.09. The largest absolute Gasteiger partial charge is 0.487 e. The van der Waals surface area contributed by atoms with E-state index < -0.39 is 0 Å². The van der Waals surface area contributed by atoms with Crippen LogP contribution in [0.1, 0.15) is 5.56 Å². The standard InChI is InChI=1S/C24H25NO2/c1-3-7-21(8-4-1)22-13-11-20(12-14-22)17-25-15-16-26-19-24(18-25)27-23-9-5-2-6-10-23/h1-14,24H,15-19H2/t24-/m1/s1. The van der Waals surface area contributed by atoms with Gasteiger partial charge in [-0.3, -0.25) is 4.90 Å². The molecule has 0 bridgehead atoms. The van der Waals surface area contributed by atoms with Crippen molar-refractivity contribution in [3.05, 3.63) is 90.5 Å². The number of benzene rings is 3. The summed E-state index contributed by atoms with van der Waals surface area (Å²) in [5.41, 5.74) is 3.82. The van der Waals surface area contributed by atoms with Crippen LogP contribution in [0, 0.1) is 0 Å². The smallest absolute Gasteiger partial charge is 0.135 e. The summed E-state index contributed by atoms with van der Waals surface area (Å²) in [5, 5.41) is 0. The minimum absolute atomic E-state index is 0.0542. The van der Waals surface area contributed by atoms with Crippen molar-refractivity contribution in [3.63, 3.8) is 0 Å². The lowest BCUT2D eigenvalue weighted by molar-refractivity contribution is 0.0710. The molecular weight excluding hydrogens is 334 g/mol. The van der Waals surface area contributed by atoms with Crippen LogP contribution in [0.4, 0.5) is 0 Å². The monoisotopic (exact) mass is 359 g/mol. The van der Waals surface area contributed by atoms with Gasteiger partial charge in [0.15, 0.2) is 0 Å². The number of nitrogens with zero attached hydrogens (tertiary/aromatic N) is 1. The van der Waals surface area contributed by atoms with Crippen LogP contribution >= 0.6 is 0 Å². The fourth-order valence-electron chi connectivity index (χ4n) is 3.44. The molecule has 3 aromatic carbocycles. The summed E-state index contributed by atoms with van der Waals surface area (Å²) in [7, 11) is 0. The zero-order valence-corrected chi connectivity index (χ0v) is 15.5. The molecule has 3 aromatic rings. The van der Waals surface area contributed by atoms with Crippen molar-refractivity contribution >= 4 is 0 Å². The molecule has 0 unspecified atom stereocenters. The van der Waals surface area contributed by atoms with E-state index in [2.05, 4.69) is 53.4 Å². The van der Waals surface area contributed by atoms with Crippen molar-refractivity contribution in [2.24, 2.45) is 0 Å². The van der Waals surface area contributed by atoms with Gasteiger partial charge in [0, 0.05) is 19.6 Å². The van der Waals surface area contributed by atoms with E-state index >= 15 is 0 Å². The van der Waals surface area contributed by atoms with Crippen molar-refractivity contribution in [2.45, 2.75) is 12.6 Å². The highest BCUT2D eigenvalue weighted by Crippen LogP contribution is 2.20. The van der Waals surface area contributed by atoms with E-state index in [1.54, 1.807) is 0 Å². The quantitative estimate of drug-likeness (QED) is 0.663. The zero-order valence-electron chi connectivity index (χ0n) is 15.5. The molecule has 0 aromatic heterocycles. The Hall–Kier alpha value is -2.62. The van der Waals surface area contributed by atoms with Crippen LogP contribution < -0.4 is 4.74 Å². The zero-order chi connectivity index (χ0) is 18.3. The van der Waals surface area contributed by atoms with E-state index in [4.69, 9.17) is 9.47 Å². The van der Waals surface area contributed by atoms with Crippen LogP contribution in [-0.4, -0.2) is 37.3 Å². The molecule has 1 fully saturated rings. The topological polar surface area (TPSA) is 21.7 Å². The third kappa shape index (κ3) is 4.97. The molecule has 0 amide bonds. The maximum Gasteiger partial charge on any atom is 0.135 e. The Balaban J connectivity index is 1.39. The third-order valence-corrected chi connectivity index (χ3v) is 4.83. The Morgan fingerprint density at radius 1 is 0.815 bits per heavy atom. The maximum absolute atomic E-state index is 6.11. The molecule has 1 aliphatic heterocycles. The molecule has 1 aliphatic rings. The summed E-state index contributed by atoms with van der Waals surface area (Å²) < 4.78 is 11.9. The van der Waals surface area contributed by atoms with E-state index in [1.807, 2.05) is 36.4 Å². The van der Waals surface area contributed by atoms with Gasteiger partial charge in [-0.15, -0.1) is 0 Å². The molecule has 0 spiro atoms. The Bertz CT molecular complexity index is 818. The SMILES string of the molecule is c1ccc(O[C@H]2COCCN(Cc3ccc(-c4ccccc4)cc3)C2)cc1. The molecule has 1 atom stereocenters. The number of para-hydroxylation sites is 1. The highest BCUT2D eigenvalue weighted by atomic mass is 16.5. The average Bonchev–Trinajstić information content (AvgIpc) is 2.95. The Kier molecular flexibility index (Phi) is 5.83. The number of hydrogen-bond acceptors (Lipinski definition) is 3. The lowest BCUT2D eigenvalue weighted by Gasteiger charge is -2.24. The molecule has 1 heterocycles. The maximum atomic E-state index is 6.11. The Labute approximate surface area is 161 Å². The minimum atomic E-state index is 0.0542. The van der Waals surface area contributed by atoms with Gasteiger partial charge < -0.3 is 9.47 Å². The molecule has 0 saturated carbocycles. The molecule has 27 heavy (non-hydrogen) atoms. The molecular formula is C24H25NO2. The minimum Gasteiger partial charge on any atom is -0.487 e. The Morgan fingerprint density at radius 3 is 2.22 bits per heavy atom. The summed E-state index contributed by atoms with van der Waals surface area (Å²) in [4.78, 5) is 2.41. The second-order valence-electron chi connectivity index (χ2n) is 6.93. The van der Waals surface area contributed by atoms with Gasteiger partial charge in [-0.1, -0.05) is 72.8 Å². The van der Waals surface area contributed by atoms with Crippen LogP contribution in [0.25, 0.3) is 11.1 Å². The van der Waals surface area contributed by atoms with Crippen molar-refractivity contribution < 1.29 is 9.47 Å². The lowest BCUT2D eigenvalue weighted by atomic mass is 10.0. The van der Waals surface area contributed by atoms with Crippen molar-refractivity contribution in [2.75, 3.05) is 26.3 Å². The summed E-state index contributed by atoms with van der Waals surface area (Å²) >= 11 is 0. The molecule has 138 valence electrons. The van der Waals surface area contributed by atoms with Crippen LogP contribution in [0.15, 0.2) is 84.9 Å². The van der Waals surface area contributed by atoms with Crippen LogP contribution in [-0.2, 0) is 11.3 Å². The van der Waals surface area contributed by atoms with Gasteiger partial charge in [0.05, 0.1) is 13.2 Å². The van der Waals surface area contributed by atoms with Gasteiger partial charge in [0.2, 0.25) is 0 Å². The first-order chi connectivity index (χ1) is 13.4. The molecule has 0 radical (unpaired) electrons. The molecule has 4 rings (SSSR count). The predicted molar refractivity (Wildman–Crippen MR) is 109 cm³/mol. The highest BCUT2D eigenvalue weighted by molar-refractivity contribution is 5.63. The molecule has 1 saturated heterocycles. The van der Waals surface area contributed by atoms with E-state index in [9.17, 15) is 0 Å².